The van der Waals surface area contributed by atoms with Gasteiger partial charge in [0.1, 0.15) is 83.7 Å². The second kappa shape index (κ2) is 48.9. The molecule has 0 bridgehead atoms. The number of hydrogen-bond acceptors (Lipinski definition) is 20. The van der Waals surface area contributed by atoms with Crippen molar-refractivity contribution in [2.75, 3.05) is 66.4 Å². The van der Waals surface area contributed by atoms with Gasteiger partial charge in [-0.25, -0.2) is 0 Å². The predicted octanol–water partition coefficient (Wildman–Crippen LogP) is 2.03. The molecule has 0 radical (unpaired) electrons. The SMILES string of the molecule is CCCC[C@H]1C(=O)N(C)CC(=O)N[C@@H](CC(=O)O)C(=O)N[C@@H](C(C)C)C(=O)N(C)[C@@H](Cc2ccccc2)C(=O)N[C@@H](Cc2ccc(O)cc2)C(=O)N(C)CC(=O)N[C@@H](Cc2c[nH]c3ccccc23)C(=O)N[C@@H](Cc2ccc(O)cc2)C(=O)N[C@@H](CC(C)C)C(=O)N[C@H](C(=O)NCC(N)=O)CSCC(=O)N[C@@H](Cc2ccccc2)C(=O)N(C)[C@@H](Cc2ccc(O)cc2)C(=O)N1C. The first-order chi connectivity index (χ1) is 61.8. The lowest BCUT2D eigenvalue weighted by Gasteiger charge is -2.37. The van der Waals surface area contributed by atoms with E-state index in [0.717, 1.165) is 36.3 Å². The quantitative estimate of drug-likeness (QED) is 0.0436. The van der Waals surface area contributed by atoms with Gasteiger partial charge in [-0.2, -0.15) is 0 Å². The van der Waals surface area contributed by atoms with Crippen LogP contribution in [0.1, 0.15) is 100 Å². The Labute approximate surface area is 758 Å². The van der Waals surface area contributed by atoms with Gasteiger partial charge in [0.25, 0.3) is 0 Å². The number of aromatic hydroxyl groups is 3. The van der Waals surface area contributed by atoms with Crippen LogP contribution < -0.4 is 53.6 Å². The number of primary amides is 1. The van der Waals surface area contributed by atoms with Crippen LogP contribution >= 0.6 is 11.8 Å². The molecular formula is C93H118N16O20S. The molecule has 2 heterocycles. The molecule has 36 nitrogen and oxygen atoms in total. The molecule has 0 aliphatic carbocycles. The highest BCUT2D eigenvalue weighted by atomic mass is 32.2. The van der Waals surface area contributed by atoms with Gasteiger partial charge in [-0.3, -0.25) is 76.7 Å². The number of nitrogens with zero attached hydrogens (tertiary/aromatic N) is 5. The monoisotopic (exact) mass is 1810 g/mol. The highest BCUT2D eigenvalue weighted by Crippen LogP contribution is 2.25. The van der Waals surface area contributed by atoms with Gasteiger partial charge >= 0.3 is 5.97 Å². The molecule has 1 aliphatic heterocycles. The normalized spacial score (nSPS) is 21.8. The average molecular weight is 1810 g/mol. The number of aromatic amines is 1. The van der Waals surface area contributed by atoms with Gasteiger partial charge in [-0.15, -0.1) is 11.8 Å². The molecule has 130 heavy (non-hydrogen) atoms. The number of benzene rings is 6. The fraction of sp³-hybridized carbons (Fsp3) is 0.419. The second-order valence-electron chi connectivity index (χ2n) is 33.2. The minimum absolute atomic E-state index is 0.00395. The zero-order valence-electron chi connectivity index (χ0n) is 74.5. The van der Waals surface area contributed by atoms with Crippen molar-refractivity contribution in [1.29, 1.82) is 0 Å². The van der Waals surface area contributed by atoms with Crippen molar-refractivity contribution in [3.8, 4) is 17.2 Å². The Morgan fingerprint density at radius 1 is 0.454 bits per heavy atom. The minimum atomic E-state index is -1.92. The smallest absolute Gasteiger partial charge is 0.305 e. The van der Waals surface area contributed by atoms with Gasteiger partial charge in [0, 0.05) is 96.6 Å². The molecule has 1 aromatic heterocycles. The molecule has 1 fully saturated rings. The minimum Gasteiger partial charge on any atom is -0.508 e. The third-order valence-corrected chi connectivity index (χ3v) is 23.2. The molecule has 0 spiro atoms. The number of amides is 15. The van der Waals surface area contributed by atoms with Gasteiger partial charge in [-0.1, -0.05) is 163 Å². The number of unbranched alkanes of at least 4 members (excludes halogenated alkanes) is 1. The fourth-order valence-electron chi connectivity index (χ4n) is 15.0. The number of carboxylic acid groups (broad SMARTS) is 1. The van der Waals surface area contributed by atoms with Crippen molar-refractivity contribution >= 4 is 117 Å². The lowest BCUT2D eigenvalue weighted by molar-refractivity contribution is -0.151. The number of aliphatic carboxylic acids is 1. The largest absolute Gasteiger partial charge is 0.508 e. The molecule has 0 saturated carbocycles. The van der Waals surface area contributed by atoms with E-state index in [0.29, 0.717) is 57.1 Å². The summed E-state index contributed by atoms with van der Waals surface area (Å²) in [4.78, 5) is 243. The van der Waals surface area contributed by atoms with Crippen LogP contribution in [-0.4, -0.2) is 277 Å². The summed E-state index contributed by atoms with van der Waals surface area (Å²) >= 11 is 0.810. The first kappa shape index (κ1) is 102. The van der Waals surface area contributed by atoms with Crippen LogP contribution in [0.25, 0.3) is 10.9 Å². The van der Waals surface area contributed by atoms with E-state index in [9.17, 15) is 58.8 Å². The van der Waals surface area contributed by atoms with Crippen LogP contribution in [0.4, 0.5) is 0 Å². The number of rotatable bonds is 23. The molecule has 1 saturated heterocycles. The topological polar surface area (TPSA) is 520 Å². The molecule has 37 heteroatoms. The van der Waals surface area contributed by atoms with Crippen molar-refractivity contribution in [3.63, 3.8) is 0 Å². The molecule has 16 N–H and O–H groups in total. The van der Waals surface area contributed by atoms with Crippen molar-refractivity contribution in [2.24, 2.45) is 17.6 Å². The summed E-state index contributed by atoms with van der Waals surface area (Å²) < 4.78 is 0. The Morgan fingerprint density at radius 3 is 1.43 bits per heavy atom. The number of phenols is 3. The van der Waals surface area contributed by atoms with E-state index in [1.54, 1.807) is 119 Å². The molecule has 8 rings (SSSR count). The van der Waals surface area contributed by atoms with Gasteiger partial charge < -0.3 is 103 Å². The molecule has 6 aromatic carbocycles. The number of H-pyrrole nitrogens is 1. The number of hydrogen-bond donors (Lipinski definition) is 15. The van der Waals surface area contributed by atoms with Crippen molar-refractivity contribution in [2.45, 2.75) is 172 Å². The molecular weight excluding hydrogens is 1690 g/mol. The number of fused-ring (bicyclic) bond motifs is 1. The van der Waals surface area contributed by atoms with Crippen molar-refractivity contribution < 1.29 is 97.1 Å². The summed E-state index contributed by atoms with van der Waals surface area (Å²) in [5.74, 6) is -17.9. The maximum atomic E-state index is 15.5. The van der Waals surface area contributed by atoms with Crippen LogP contribution in [0, 0.1) is 11.8 Å². The van der Waals surface area contributed by atoms with Gasteiger partial charge in [0.15, 0.2) is 0 Å². The Balaban J connectivity index is 1.22. The zero-order valence-corrected chi connectivity index (χ0v) is 75.3. The van der Waals surface area contributed by atoms with Crippen LogP contribution in [0.15, 0.2) is 164 Å². The number of nitrogens with one attached hydrogen (secondary N) is 10. The lowest BCUT2D eigenvalue weighted by Crippen LogP contribution is -2.61. The number of aromatic nitrogens is 1. The number of carbonyl (C=O) groups excluding carboxylic acids is 15. The number of phenolic OH excluding ortho intramolecular Hbond substituents is 3. The van der Waals surface area contributed by atoms with Gasteiger partial charge in [0.2, 0.25) is 88.6 Å². The number of thioether (sulfide) groups is 1. The second-order valence-corrected chi connectivity index (χ2v) is 34.3. The summed E-state index contributed by atoms with van der Waals surface area (Å²) in [6.07, 6.45) is -0.197. The molecule has 0 unspecified atom stereocenters. The summed E-state index contributed by atoms with van der Waals surface area (Å²) in [6, 6.07) is 23.9. The summed E-state index contributed by atoms with van der Waals surface area (Å²) in [7, 11) is 6.42. The highest BCUT2D eigenvalue weighted by molar-refractivity contribution is 8.00. The third-order valence-electron chi connectivity index (χ3n) is 22.2. The van der Waals surface area contributed by atoms with E-state index < -0.39 is 205 Å². The Bertz CT molecular complexity index is 5120. The average Bonchev–Trinajstić information content (AvgIpc) is 1.80. The van der Waals surface area contributed by atoms with E-state index in [4.69, 9.17) is 5.73 Å². The maximum Gasteiger partial charge on any atom is 0.305 e. The van der Waals surface area contributed by atoms with Gasteiger partial charge in [0.05, 0.1) is 31.8 Å². The number of carbonyl (C=O) groups is 16. The number of para-hydroxylation sites is 1. The summed E-state index contributed by atoms with van der Waals surface area (Å²) in [5.41, 5.74) is 8.90. The molecule has 1 aliphatic rings. The maximum absolute atomic E-state index is 15.5. The number of carboxylic acids is 1. The van der Waals surface area contributed by atoms with Crippen LogP contribution in [0.2, 0.25) is 0 Å². The number of nitrogens with two attached hydrogens (primary N) is 1. The highest BCUT2D eigenvalue weighted by Gasteiger charge is 2.42. The van der Waals surface area contributed by atoms with Crippen LogP contribution in [-0.2, 0) is 115 Å². The Morgan fingerprint density at radius 2 is 0.892 bits per heavy atom. The standard InChI is InChI=1S/C93H118N16O20S/c1-11-12-27-74-91(127)106(7)51-79(115)98-70(47-81(117)118)87(123)104-82(55(4)5)93(129)108(9)75(44-57-23-17-14-18-24-57)88(124)102-71(43-59-30-36-63(111)37-31-59)89(125)105(6)50-78(114)97-69(46-61-48-95-66-26-20-19-25-65(61)66)86(122)101-68(41-58-28-34-62(110)35-29-58)85(121)100-67(40-54(2)3)84(120)103-73(83(119)96-49-77(94)113)52-130-53-80(116)99-72(42-56-21-15-13-16-22-56)90(126)109(10)76(92(128)107(74)8)45-60-32-38-64(112)39-33-60/h13-26,28-39,48,54-55,67-76,82,95,110-112H,11-12,27,40-47,49-53H2,1-10H3,(H2,94,113)(H,96,119)(H,97,114)(H,98,115)(H,99,116)(H,100,121)(H,101,122)(H,102,124)(H,103,120)(H,104,123)(H,117,118)/t67-,68-,69-,70-,71-,72-,73-,74-,75-,76-,82-/m0/s1. The van der Waals surface area contributed by atoms with Crippen molar-refractivity contribution in [3.05, 3.63) is 197 Å². The van der Waals surface area contributed by atoms with E-state index in [1.165, 1.54) is 108 Å². The van der Waals surface area contributed by atoms with E-state index in [-0.39, 0.29) is 74.5 Å². The van der Waals surface area contributed by atoms with Gasteiger partial charge in [-0.05, 0) is 101 Å². The van der Waals surface area contributed by atoms with Crippen LogP contribution in [0.5, 0.6) is 17.2 Å². The lowest BCUT2D eigenvalue weighted by atomic mass is 9.98. The summed E-state index contributed by atoms with van der Waals surface area (Å²) in [6.45, 7) is 6.08. The zero-order chi connectivity index (χ0) is 95.2. The van der Waals surface area contributed by atoms with E-state index in [2.05, 4.69) is 52.8 Å². The molecule has 11 atom stereocenters. The molecule has 7 aromatic rings. The summed E-state index contributed by atoms with van der Waals surface area (Å²) in [5, 5.41) is 65.9. The third kappa shape index (κ3) is 30.4. The Kier molecular flexibility index (Phi) is 38.2. The fourth-order valence-corrected chi connectivity index (χ4v) is 15.8. The van der Waals surface area contributed by atoms with Crippen molar-refractivity contribution in [1.82, 2.24) is 77.3 Å². The molecule has 15 amide bonds. The molecule has 696 valence electrons. The Hall–Kier alpha value is -13.9. The first-order valence-corrected chi connectivity index (χ1v) is 44.0. The van der Waals surface area contributed by atoms with Crippen LogP contribution in [0.3, 0.4) is 0 Å². The van der Waals surface area contributed by atoms with E-state index in [1.807, 2.05) is 6.92 Å². The predicted molar refractivity (Wildman–Crippen MR) is 484 cm³/mol. The first-order valence-electron chi connectivity index (χ1n) is 42.8. The van der Waals surface area contributed by atoms with E-state index >= 15 is 38.4 Å². The number of likely N-dealkylation sites (N-methyl/N-ethyl adjacent to an activating group) is 5.